The van der Waals surface area contributed by atoms with Crippen LogP contribution in [0.15, 0.2) is 91.0 Å². The first kappa shape index (κ1) is 24.2. The average molecular weight is 505 g/mol. The molecule has 0 aliphatic carbocycles. The Kier molecular flexibility index (Phi) is 6.80. The topological polar surface area (TPSA) is 59.4 Å². The quantitative estimate of drug-likeness (QED) is 0.291. The standard InChI is InChI=1S/C32H32N4O2/c1-38-26-15-13-23(14-16-26)21-36-30-12-5-4-10-29(30)33-31(36)22-35-19-17-25(18-20-35)32(37)34-28-11-6-8-24-7-2-3-9-27(24)28/h2-16,25H,17-22H2,1H3,(H,34,37). The summed E-state index contributed by atoms with van der Waals surface area (Å²) in [4.78, 5) is 20.6. The average Bonchev–Trinajstić information content (AvgIpc) is 3.30. The minimum absolute atomic E-state index is 0.0170. The molecule has 0 atom stereocenters. The number of piperidine rings is 1. The first-order valence-corrected chi connectivity index (χ1v) is 13.3. The molecule has 1 amide bonds. The van der Waals surface area contributed by atoms with Crippen LogP contribution in [0.5, 0.6) is 5.75 Å². The van der Waals surface area contributed by atoms with Crippen LogP contribution in [0.1, 0.15) is 24.2 Å². The van der Waals surface area contributed by atoms with E-state index in [9.17, 15) is 4.79 Å². The highest BCUT2D eigenvalue weighted by molar-refractivity contribution is 6.02. The third-order valence-corrected chi connectivity index (χ3v) is 7.60. The second kappa shape index (κ2) is 10.7. The molecule has 0 spiro atoms. The summed E-state index contributed by atoms with van der Waals surface area (Å²) in [5, 5.41) is 5.42. The van der Waals surface area contributed by atoms with Crippen molar-refractivity contribution in [3.63, 3.8) is 0 Å². The Morgan fingerprint density at radius 2 is 1.63 bits per heavy atom. The Balaban J connectivity index is 1.13. The lowest BCUT2D eigenvalue weighted by Gasteiger charge is -2.31. The summed E-state index contributed by atoms with van der Waals surface area (Å²) < 4.78 is 7.64. The Labute approximate surface area is 222 Å². The van der Waals surface area contributed by atoms with Crippen molar-refractivity contribution in [2.24, 2.45) is 5.92 Å². The van der Waals surface area contributed by atoms with Crippen LogP contribution < -0.4 is 10.1 Å². The van der Waals surface area contributed by atoms with Gasteiger partial charge in [-0.05, 0) is 67.2 Å². The number of amides is 1. The van der Waals surface area contributed by atoms with E-state index in [1.54, 1.807) is 7.11 Å². The van der Waals surface area contributed by atoms with E-state index < -0.39 is 0 Å². The number of rotatable bonds is 7. The summed E-state index contributed by atoms with van der Waals surface area (Å²) >= 11 is 0. The smallest absolute Gasteiger partial charge is 0.227 e. The van der Waals surface area contributed by atoms with Gasteiger partial charge in [0.2, 0.25) is 5.91 Å². The van der Waals surface area contributed by atoms with E-state index in [0.29, 0.717) is 0 Å². The molecule has 6 heteroatoms. The summed E-state index contributed by atoms with van der Waals surface area (Å²) in [6, 6.07) is 30.8. The second-order valence-electron chi connectivity index (χ2n) is 10.0. The van der Waals surface area contributed by atoms with E-state index in [2.05, 4.69) is 63.3 Å². The largest absolute Gasteiger partial charge is 0.497 e. The minimum atomic E-state index is 0.0170. The van der Waals surface area contributed by atoms with Gasteiger partial charge in [0, 0.05) is 23.5 Å². The van der Waals surface area contributed by atoms with Crippen LogP contribution in [0.4, 0.5) is 5.69 Å². The number of benzene rings is 4. The lowest BCUT2D eigenvalue weighted by molar-refractivity contribution is -0.121. The van der Waals surface area contributed by atoms with Gasteiger partial charge in [-0.25, -0.2) is 4.98 Å². The number of para-hydroxylation sites is 2. The molecule has 1 saturated heterocycles. The number of fused-ring (bicyclic) bond motifs is 2. The molecule has 1 N–H and O–H groups in total. The van der Waals surface area contributed by atoms with Gasteiger partial charge in [-0.15, -0.1) is 0 Å². The maximum Gasteiger partial charge on any atom is 0.227 e. The highest BCUT2D eigenvalue weighted by Gasteiger charge is 2.26. The van der Waals surface area contributed by atoms with Gasteiger partial charge < -0.3 is 14.6 Å². The number of nitrogens with zero attached hydrogens (tertiary/aromatic N) is 3. The van der Waals surface area contributed by atoms with E-state index >= 15 is 0 Å². The molecule has 4 aromatic carbocycles. The number of imidazole rings is 1. The highest BCUT2D eigenvalue weighted by Crippen LogP contribution is 2.27. The lowest BCUT2D eigenvalue weighted by atomic mass is 9.95. The Bertz CT molecular complexity index is 1560. The van der Waals surface area contributed by atoms with Crippen LogP contribution in [0.2, 0.25) is 0 Å². The molecular formula is C32H32N4O2. The van der Waals surface area contributed by atoms with Gasteiger partial charge in [0.05, 0.1) is 24.7 Å². The fourth-order valence-corrected chi connectivity index (χ4v) is 5.46. The van der Waals surface area contributed by atoms with Crippen molar-refractivity contribution in [2.45, 2.75) is 25.9 Å². The zero-order chi connectivity index (χ0) is 25.9. The van der Waals surface area contributed by atoms with Crippen molar-refractivity contribution in [2.75, 3.05) is 25.5 Å². The number of carbonyl (C=O) groups is 1. The third-order valence-electron chi connectivity index (χ3n) is 7.60. The first-order valence-electron chi connectivity index (χ1n) is 13.3. The van der Waals surface area contributed by atoms with Crippen LogP contribution in [0.25, 0.3) is 21.8 Å². The number of hydrogen-bond donors (Lipinski definition) is 1. The summed E-state index contributed by atoms with van der Waals surface area (Å²) in [7, 11) is 1.69. The number of ether oxygens (including phenoxy) is 1. The zero-order valence-corrected chi connectivity index (χ0v) is 21.6. The molecule has 1 fully saturated rings. The van der Waals surface area contributed by atoms with Crippen molar-refractivity contribution < 1.29 is 9.53 Å². The zero-order valence-electron chi connectivity index (χ0n) is 21.6. The fourth-order valence-electron chi connectivity index (χ4n) is 5.46. The molecule has 6 rings (SSSR count). The van der Waals surface area contributed by atoms with Crippen molar-refractivity contribution in [3.8, 4) is 5.75 Å². The van der Waals surface area contributed by atoms with Gasteiger partial charge in [-0.2, -0.15) is 0 Å². The van der Waals surface area contributed by atoms with Gasteiger partial charge >= 0.3 is 0 Å². The van der Waals surface area contributed by atoms with Crippen molar-refractivity contribution in [1.29, 1.82) is 0 Å². The molecule has 0 radical (unpaired) electrons. The van der Waals surface area contributed by atoms with Gasteiger partial charge in [0.15, 0.2) is 0 Å². The van der Waals surface area contributed by atoms with E-state index in [-0.39, 0.29) is 11.8 Å². The molecule has 6 nitrogen and oxygen atoms in total. The minimum Gasteiger partial charge on any atom is -0.497 e. The lowest BCUT2D eigenvalue weighted by Crippen LogP contribution is -2.38. The Hall–Kier alpha value is -4.16. The van der Waals surface area contributed by atoms with Crippen LogP contribution in [-0.4, -0.2) is 40.6 Å². The van der Waals surface area contributed by atoms with Crippen molar-refractivity contribution >= 4 is 33.4 Å². The van der Waals surface area contributed by atoms with Crippen LogP contribution in [-0.2, 0) is 17.9 Å². The number of hydrogen-bond acceptors (Lipinski definition) is 4. The molecule has 1 aliphatic heterocycles. The molecule has 2 heterocycles. The number of likely N-dealkylation sites (tertiary alicyclic amines) is 1. The summed E-state index contributed by atoms with van der Waals surface area (Å²) in [6.45, 7) is 3.27. The molecule has 38 heavy (non-hydrogen) atoms. The molecule has 1 aliphatic rings. The van der Waals surface area contributed by atoms with E-state index in [1.165, 1.54) is 5.56 Å². The molecule has 0 unspecified atom stereocenters. The molecular weight excluding hydrogens is 472 g/mol. The van der Waals surface area contributed by atoms with Gasteiger partial charge in [0.1, 0.15) is 11.6 Å². The third kappa shape index (κ3) is 5.00. The number of anilines is 1. The number of carbonyl (C=O) groups excluding carboxylic acids is 1. The van der Waals surface area contributed by atoms with Crippen molar-refractivity contribution in [1.82, 2.24) is 14.5 Å². The predicted octanol–water partition coefficient (Wildman–Crippen LogP) is 6.10. The van der Waals surface area contributed by atoms with Gasteiger partial charge in [-0.1, -0.05) is 60.7 Å². The highest BCUT2D eigenvalue weighted by atomic mass is 16.5. The number of methoxy groups -OCH3 is 1. The molecule has 0 bridgehead atoms. The summed E-state index contributed by atoms with van der Waals surface area (Å²) in [5.74, 6) is 2.05. The van der Waals surface area contributed by atoms with Gasteiger partial charge in [0.25, 0.3) is 0 Å². The monoisotopic (exact) mass is 504 g/mol. The predicted molar refractivity (Wildman–Crippen MR) is 152 cm³/mol. The summed E-state index contributed by atoms with van der Waals surface area (Å²) in [6.07, 6.45) is 1.69. The van der Waals surface area contributed by atoms with E-state index in [4.69, 9.17) is 9.72 Å². The Morgan fingerprint density at radius 3 is 2.45 bits per heavy atom. The van der Waals surface area contributed by atoms with Crippen LogP contribution in [0, 0.1) is 5.92 Å². The van der Waals surface area contributed by atoms with Crippen LogP contribution in [0.3, 0.4) is 0 Å². The van der Waals surface area contributed by atoms with E-state index in [0.717, 1.165) is 78.1 Å². The molecule has 0 saturated carbocycles. The van der Waals surface area contributed by atoms with E-state index in [1.807, 2.05) is 42.5 Å². The first-order chi connectivity index (χ1) is 18.7. The number of nitrogens with one attached hydrogen (secondary N) is 1. The van der Waals surface area contributed by atoms with Crippen LogP contribution >= 0.6 is 0 Å². The Morgan fingerprint density at radius 1 is 0.895 bits per heavy atom. The summed E-state index contributed by atoms with van der Waals surface area (Å²) in [5.41, 5.74) is 4.25. The number of aromatic nitrogens is 2. The molecule has 5 aromatic rings. The van der Waals surface area contributed by atoms with Gasteiger partial charge in [-0.3, -0.25) is 9.69 Å². The maximum atomic E-state index is 13.1. The maximum absolute atomic E-state index is 13.1. The second-order valence-corrected chi connectivity index (χ2v) is 10.0. The fraction of sp³-hybridized carbons (Fsp3) is 0.250. The molecule has 1 aromatic heterocycles. The van der Waals surface area contributed by atoms with Crippen molar-refractivity contribution in [3.05, 3.63) is 102 Å². The normalized spacial score (nSPS) is 14.7. The SMILES string of the molecule is COc1ccc(Cn2c(CN3CCC(C(=O)Nc4cccc5ccccc45)CC3)nc3ccccc32)cc1. The molecule has 192 valence electrons.